The molecule has 1 aliphatic carbocycles. The van der Waals surface area contributed by atoms with Gasteiger partial charge >= 0.3 is 0 Å². The first-order chi connectivity index (χ1) is 20.8. The van der Waals surface area contributed by atoms with E-state index in [2.05, 4.69) is 13.8 Å². The van der Waals surface area contributed by atoms with E-state index in [4.69, 9.17) is 8.37 Å². The third kappa shape index (κ3) is 11.9. The van der Waals surface area contributed by atoms with E-state index < -0.39 is 20.2 Å². The van der Waals surface area contributed by atoms with Crippen LogP contribution in [0.15, 0.2) is 46.2 Å². The Morgan fingerprint density at radius 1 is 0.488 bits per heavy atom. The minimum Gasteiger partial charge on any atom is -0.266 e. The predicted octanol–water partition coefficient (Wildman–Crippen LogP) is 9.73. The van der Waals surface area contributed by atoms with Gasteiger partial charge in [-0.2, -0.15) is 16.8 Å². The van der Waals surface area contributed by atoms with Crippen molar-refractivity contribution in [3.8, 4) is 11.1 Å². The molecule has 0 amide bonds. The zero-order valence-corrected chi connectivity index (χ0v) is 28.2. The van der Waals surface area contributed by atoms with Crippen LogP contribution >= 0.6 is 0 Å². The molecule has 8 heteroatoms. The smallest absolute Gasteiger partial charge is 0.266 e. The lowest BCUT2D eigenvalue weighted by Gasteiger charge is -2.08. The summed E-state index contributed by atoms with van der Waals surface area (Å²) in [5.41, 5.74) is 3.56. The number of rotatable bonds is 24. The SMILES string of the molecule is CCCCCCCCCCCOS(=O)(=O)c1ccc2c(c1)Cc1cc(S(=O)(=O)OCCCCCCCCCCC)ccc1-2. The minimum absolute atomic E-state index is 0.145. The van der Waals surface area contributed by atoms with Crippen LogP contribution in [-0.2, 0) is 35.0 Å². The number of fused-ring (bicyclic) bond motifs is 3. The molecule has 1 aliphatic rings. The molecular formula is C35H54O6S2. The summed E-state index contributed by atoms with van der Waals surface area (Å²) in [6, 6.07) is 10.1. The Kier molecular flexibility index (Phi) is 15.7. The van der Waals surface area contributed by atoms with Gasteiger partial charge in [-0.25, -0.2) is 0 Å². The molecule has 0 aliphatic heterocycles. The third-order valence-electron chi connectivity index (χ3n) is 8.37. The molecule has 0 atom stereocenters. The van der Waals surface area contributed by atoms with Crippen LogP contribution in [0.1, 0.15) is 141 Å². The van der Waals surface area contributed by atoms with Crippen molar-refractivity contribution in [2.45, 2.75) is 146 Å². The Hall–Kier alpha value is -1.74. The largest absolute Gasteiger partial charge is 0.296 e. The van der Waals surface area contributed by atoms with Gasteiger partial charge in [-0.05, 0) is 65.8 Å². The van der Waals surface area contributed by atoms with E-state index >= 15 is 0 Å². The van der Waals surface area contributed by atoms with E-state index in [9.17, 15) is 16.8 Å². The fraction of sp³-hybridized carbons (Fsp3) is 0.657. The average Bonchev–Trinajstić information content (AvgIpc) is 3.36. The van der Waals surface area contributed by atoms with Crippen molar-refractivity contribution in [3.63, 3.8) is 0 Å². The average molecular weight is 635 g/mol. The van der Waals surface area contributed by atoms with Crippen LogP contribution in [0.5, 0.6) is 0 Å². The van der Waals surface area contributed by atoms with Gasteiger partial charge in [0.1, 0.15) is 0 Å². The maximum absolute atomic E-state index is 12.8. The molecule has 0 radical (unpaired) electrons. The van der Waals surface area contributed by atoms with Gasteiger partial charge in [0.15, 0.2) is 0 Å². The van der Waals surface area contributed by atoms with E-state index in [1.54, 1.807) is 36.4 Å². The summed E-state index contributed by atoms with van der Waals surface area (Å²) in [4.78, 5) is 0.291. The first kappa shape index (κ1) is 35.7. The van der Waals surface area contributed by atoms with Crippen molar-refractivity contribution in [1.29, 1.82) is 0 Å². The van der Waals surface area contributed by atoms with Gasteiger partial charge in [-0.1, -0.05) is 129 Å². The van der Waals surface area contributed by atoms with Gasteiger partial charge < -0.3 is 0 Å². The van der Waals surface area contributed by atoms with Gasteiger partial charge in [0.2, 0.25) is 0 Å². The van der Waals surface area contributed by atoms with Gasteiger partial charge in [-0.3, -0.25) is 8.37 Å². The molecule has 0 spiro atoms. The monoisotopic (exact) mass is 634 g/mol. The Balaban J connectivity index is 1.43. The first-order valence-corrected chi connectivity index (χ1v) is 19.6. The lowest BCUT2D eigenvalue weighted by molar-refractivity contribution is 0.305. The molecule has 0 fully saturated rings. The second-order valence-corrected chi connectivity index (χ2v) is 15.3. The fourth-order valence-electron chi connectivity index (χ4n) is 5.77. The maximum Gasteiger partial charge on any atom is 0.296 e. The van der Waals surface area contributed by atoms with Crippen molar-refractivity contribution in [2.75, 3.05) is 13.2 Å². The Bertz CT molecular complexity index is 1220. The summed E-state index contributed by atoms with van der Waals surface area (Å²) in [7, 11) is -7.70. The zero-order valence-electron chi connectivity index (χ0n) is 26.6. The molecule has 242 valence electrons. The number of unbranched alkanes of at least 4 members (excludes halogenated alkanes) is 16. The molecule has 0 saturated heterocycles. The number of benzene rings is 2. The van der Waals surface area contributed by atoms with E-state index in [-0.39, 0.29) is 23.0 Å². The lowest BCUT2D eigenvalue weighted by atomic mass is 10.1. The molecular weight excluding hydrogens is 581 g/mol. The Morgan fingerprint density at radius 3 is 1.16 bits per heavy atom. The molecule has 0 heterocycles. The van der Waals surface area contributed by atoms with Crippen LogP contribution in [0, 0.1) is 0 Å². The third-order valence-corrected chi connectivity index (χ3v) is 11.0. The van der Waals surface area contributed by atoms with E-state index in [1.807, 2.05) is 0 Å². The highest BCUT2D eigenvalue weighted by Crippen LogP contribution is 2.39. The molecule has 2 aromatic rings. The maximum atomic E-state index is 12.8. The topological polar surface area (TPSA) is 86.7 Å². The van der Waals surface area contributed by atoms with Gasteiger partial charge in [0.25, 0.3) is 20.2 Å². The molecule has 6 nitrogen and oxygen atoms in total. The standard InChI is InChI=1S/C35H54O6S2/c1-3-5-7-9-11-13-15-17-19-25-40-42(36,37)32-21-23-34-30(28-32)27-31-29-33(22-24-35(31)34)43(38,39)41-26-20-18-16-14-12-10-8-6-4-2/h21-24,28-29H,3-20,25-27H2,1-2H3. The summed E-state index contributed by atoms with van der Waals surface area (Å²) in [6.45, 7) is 4.82. The van der Waals surface area contributed by atoms with Gasteiger partial charge in [-0.15, -0.1) is 0 Å². The molecule has 0 aromatic heterocycles. The van der Waals surface area contributed by atoms with E-state index in [0.29, 0.717) is 6.42 Å². The van der Waals surface area contributed by atoms with E-state index in [1.165, 1.54) is 77.0 Å². The number of hydrogen-bond donors (Lipinski definition) is 0. The van der Waals surface area contributed by atoms with Crippen LogP contribution in [0.3, 0.4) is 0 Å². The van der Waals surface area contributed by atoms with Crippen LogP contribution in [-0.4, -0.2) is 30.0 Å². The minimum atomic E-state index is -3.85. The van der Waals surface area contributed by atoms with Gasteiger partial charge in [0, 0.05) is 0 Å². The summed E-state index contributed by atoms with van der Waals surface area (Å²) in [5.74, 6) is 0. The van der Waals surface area contributed by atoms with Gasteiger partial charge in [0.05, 0.1) is 23.0 Å². The van der Waals surface area contributed by atoms with E-state index in [0.717, 1.165) is 60.8 Å². The van der Waals surface area contributed by atoms with Crippen molar-refractivity contribution in [1.82, 2.24) is 0 Å². The van der Waals surface area contributed by atoms with Crippen LogP contribution < -0.4 is 0 Å². The Labute approximate surface area is 262 Å². The molecule has 2 aromatic carbocycles. The fourth-order valence-corrected chi connectivity index (χ4v) is 7.76. The zero-order chi connectivity index (χ0) is 31.0. The van der Waals surface area contributed by atoms with Crippen LogP contribution in [0.25, 0.3) is 11.1 Å². The molecule has 0 bridgehead atoms. The van der Waals surface area contributed by atoms with Crippen molar-refractivity contribution in [2.24, 2.45) is 0 Å². The van der Waals surface area contributed by atoms with Crippen molar-refractivity contribution in [3.05, 3.63) is 47.5 Å². The summed E-state index contributed by atoms with van der Waals surface area (Å²) < 4.78 is 62.1. The second-order valence-electron chi connectivity index (χ2n) is 12.0. The molecule has 0 saturated carbocycles. The highest BCUT2D eigenvalue weighted by Gasteiger charge is 2.25. The summed E-state index contributed by atoms with van der Waals surface area (Å²) >= 11 is 0. The highest BCUT2D eigenvalue weighted by molar-refractivity contribution is 7.87. The summed E-state index contributed by atoms with van der Waals surface area (Å²) in [6.07, 6.45) is 21.2. The molecule has 0 unspecified atom stereocenters. The molecule has 3 rings (SSSR count). The number of hydrogen-bond acceptors (Lipinski definition) is 6. The second kappa shape index (κ2) is 18.9. The normalized spacial score (nSPS) is 12.9. The quantitative estimate of drug-likeness (QED) is 0.0720. The van der Waals surface area contributed by atoms with Crippen LogP contribution in [0.4, 0.5) is 0 Å². The van der Waals surface area contributed by atoms with Crippen molar-refractivity contribution < 1.29 is 25.2 Å². The predicted molar refractivity (Wildman–Crippen MR) is 175 cm³/mol. The lowest BCUT2D eigenvalue weighted by Crippen LogP contribution is -2.08. The first-order valence-electron chi connectivity index (χ1n) is 16.8. The molecule has 43 heavy (non-hydrogen) atoms. The highest BCUT2D eigenvalue weighted by atomic mass is 32.2. The Morgan fingerprint density at radius 2 is 0.814 bits per heavy atom. The van der Waals surface area contributed by atoms with Crippen molar-refractivity contribution >= 4 is 20.2 Å². The van der Waals surface area contributed by atoms with Crippen LogP contribution in [0.2, 0.25) is 0 Å². The summed E-state index contributed by atoms with van der Waals surface area (Å²) in [5, 5.41) is 0. The molecule has 0 N–H and O–H groups in total.